The molecule has 5 heteroatoms. The quantitative estimate of drug-likeness (QED) is 0.722. The second-order valence-corrected chi connectivity index (χ2v) is 3.00. The first-order valence-corrected chi connectivity index (χ1v) is 4.61. The van der Waals surface area contributed by atoms with E-state index in [0.717, 1.165) is 6.42 Å². The summed E-state index contributed by atoms with van der Waals surface area (Å²) in [6.45, 7) is 2.73. The minimum absolute atomic E-state index is 0.140. The molecular formula is C9H16N4O. The third kappa shape index (κ3) is 3.18. The third-order valence-electron chi connectivity index (χ3n) is 1.91. The van der Waals surface area contributed by atoms with E-state index in [0.29, 0.717) is 18.2 Å². The monoisotopic (exact) mass is 196 g/mol. The van der Waals surface area contributed by atoms with Crippen molar-refractivity contribution in [2.45, 2.75) is 19.4 Å². The fourth-order valence-corrected chi connectivity index (χ4v) is 0.880. The van der Waals surface area contributed by atoms with Gasteiger partial charge in [0, 0.05) is 12.6 Å². The SMILES string of the molecule is CCC(N)CNc1ncc(OC)cn1. The molecule has 14 heavy (non-hydrogen) atoms. The van der Waals surface area contributed by atoms with Gasteiger partial charge in [0.2, 0.25) is 5.95 Å². The zero-order chi connectivity index (χ0) is 10.4. The molecule has 78 valence electrons. The average molecular weight is 196 g/mol. The van der Waals surface area contributed by atoms with Crippen LogP contribution in [-0.2, 0) is 0 Å². The first-order valence-electron chi connectivity index (χ1n) is 4.61. The predicted molar refractivity (Wildman–Crippen MR) is 55.3 cm³/mol. The molecule has 0 bridgehead atoms. The average Bonchev–Trinajstić information content (AvgIpc) is 2.26. The number of hydrogen-bond acceptors (Lipinski definition) is 5. The lowest BCUT2D eigenvalue weighted by atomic mass is 10.2. The molecule has 1 rings (SSSR count). The van der Waals surface area contributed by atoms with Gasteiger partial charge in [0.05, 0.1) is 19.5 Å². The Morgan fingerprint density at radius 1 is 1.50 bits per heavy atom. The summed E-state index contributed by atoms with van der Waals surface area (Å²) in [7, 11) is 1.58. The molecule has 0 amide bonds. The lowest BCUT2D eigenvalue weighted by Gasteiger charge is -2.09. The first-order chi connectivity index (χ1) is 6.76. The van der Waals surface area contributed by atoms with E-state index >= 15 is 0 Å². The number of anilines is 1. The number of rotatable bonds is 5. The number of nitrogens with one attached hydrogen (secondary N) is 1. The topological polar surface area (TPSA) is 73.1 Å². The summed E-state index contributed by atoms with van der Waals surface area (Å²) in [5, 5.41) is 3.04. The van der Waals surface area contributed by atoms with E-state index in [2.05, 4.69) is 15.3 Å². The van der Waals surface area contributed by atoms with Crippen molar-refractivity contribution in [1.82, 2.24) is 9.97 Å². The number of hydrogen-bond donors (Lipinski definition) is 2. The second-order valence-electron chi connectivity index (χ2n) is 3.00. The number of nitrogens with two attached hydrogens (primary N) is 1. The fraction of sp³-hybridized carbons (Fsp3) is 0.556. The van der Waals surface area contributed by atoms with E-state index < -0.39 is 0 Å². The molecule has 1 aromatic heterocycles. The maximum absolute atomic E-state index is 5.73. The maximum Gasteiger partial charge on any atom is 0.222 e. The van der Waals surface area contributed by atoms with Crippen LogP contribution in [0, 0.1) is 0 Å². The van der Waals surface area contributed by atoms with Crippen LogP contribution in [0.5, 0.6) is 5.75 Å². The molecule has 0 spiro atoms. The van der Waals surface area contributed by atoms with Gasteiger partial charge in [-0.3, -0.25) is 0 Å². The Balaban J connectivity index is 2.43. The lowest BCUT2D eigenvalue weighted by Crippen LogP contribution is -2.28. The molecule has 1 aromatic rings. The van der Waals surface area contributed by atoms with Crippen LogP contribution >= 0.6 is 0 Å². The molecule has 5 nitrogen and oxygen atoms in total. The zero-order valence-electron chi connectivity index (χ0n) is 8.53. The summed E-state index contributed by atoms with van der Waals surface area (Å²) in [6, 6.07) is 0.140. The Morgan fingerprint density at radius 3 is 2.64 bits per heavy atom. The Labute approximate surface area is 83.7 Å². The third-order valence-corrected chi connectivity index (χ3v) is 1.91. The van der Waals surface area contributed by atoms with Gasteiger partial charge >= 0.3 is 0 Å². The van der Waals surface area contributed by atoms with Gasteiger partial charge in [0.25, 0.3) is 0 Å². The molecule has 1 unspecified atom stereocenters. The van der Waals surface area contributed by atoms with Gasteiger partial charge in [-0.2, -0.15) is 0 Å². The van der Waals surface area contributed by atoms with E-state index in [4.69, 9.17) is 10.5 Å². The van der Waals surface area contributed by atoms with Crippen LogP contribution in [-0.4, -0.2) is 29.7 Å². The minimum atomic E-state index is 0.140. The predicted octanol–water partition coefficient (Wildman–Crippen LogP) is 0.634. The molecule has 0 saturated carbocycles. The molecule has 3 N–H and O–H groups in total. The van der Waals surface area contributed by atoms with Gasteiger partial charge in [-0.25, -0.2) is 9.97 Å². The number of ether oxygens (including phenoxy) is 1. The summed E-state index contributed by atoms with van der Waals surface area (Å²) in [4.78, 5) is 8.11. The van der Waals surface area contributed by atoms with E-state index in [9.17, 15) is 0 Å². The van der Waals surface area contributed by atoms with E-state index in [-0.39, 0.29) is 6.04 Å². The molecule has 1 atom stereocenters. The molecule has 0 aliphatic rings. The van der Waals surface area contributed by atoms with Crippen LogP contribution in [0.25, 0.3) is 0 Å². The zero-order valence-corrected chi connectivity index (χ0v) is 8.53. The summed E-state index contributed by atoms with van der Waals surface area (Å²) in [6.07, 6.45) is 4.17. The highest BCUT2D eigenvalue weighted by Gasteiger charge is 2.00. The van der Waals surface area contributed by atoms with Crippen LogP contribution in [0.4, 0.5) is 5.95 Å². The van der Waals surface area contributed by atoms with Gasteiger partial charge < -0.3 is 15.8 Å². The van der Waals surface area contributed by atoms with Gasteiger partial charge in [-0.15, -0.1) is 0 Å². The van der Waals surface area contributed by atoms with Crippen molar-refractivity contribution >= 4 is 5.95 Å². The molecule has 0 aliphatic carbocycles. The largest absolute Gasteiger partial charge is 0.494 e. The molecule has 0 radical (unpaired) electrons. The van der Waals surface area contributed by atoms with Crippen molar-refractivity contribution in [2.24, 2.45) is 5.73 Å². The molecule has 0 saturated heterocycles. The highest BCUT2D eigenvalue weighted by molar-refractivity contribution is 5.27. The highest BCUT2D eigenvalue weighted by Crippen LogP contribution is 2.06. The van der Waals surface area contributed by atoms with Gasteiger partial charge in [-0.05, 0) is 6.42 Å². The lowest BCUT2D eigenvalue weighted by molar-refractivity contribution is 0.411. The summed E-state index contributed by atoms with van der Waals surface area (Å²) >= 11 is 0. The standard InChI is InChI=1S/C9H16N4O/c1-3-7(10)4-11-9-12-5-8(14-2)6-13-9/h5-7H,3-4,10H2,1-2H3,(H,11,12,13). The van der Waals surface area contributed by atoms with E-state index in [1.54, 1.807) is 19.5 Å². The summed E-state index contributed by atoms with van der Waals surface area (Å²) in [5.74, 6) is 1.23. The summed E-state index contributed by atoms with van der Waals surface area (Å²) in [5.41, 5.74) is 5.73. The Kier molecular flexibility index (Phi) is 4.12. The summed E-state index contributed by atoms with van der Waals surface area (Å²) < 4.78 is 4.94. The highest BCUT2D eigenvalue weighted by atomic mass is 16.5. The number of methoxy groups -OCH3 is 1. The van der Waals surface area contributed by atoms with Crippen LogP contribution < -0.4 is 15.8 Å². The normalized spacial score (nSPS) is 12.2. The number of aromatic nitrogens is 2. The Bertz CT molecular complexity index is 262. The second kappa shape index (κ2) is 5.39. The van der Waals surface area contributed by atoms with Crippen LogP contribution in [0.3, 0.4) is 0 Å². The molecular weight excluding hydrogens is 180 g/mol. The Hall–Kier alpha value is -1.36. The van der Waals surface area contributed by atoms with E-state index in [1.165, 1.54) is 0 Å². The van der Waals surface area contributed by atoms with Gasteiger partial charge in [-0.1, -0.05) is 6.92 Å². The van der Waals surface area contributed by atoms with Crippen LogP contribution in [0.2, 0.25) is 0 Å². The van der Waals surface area contributed by atoms with Crippen molar-refractivity contribution < 1.29 is 4.74 Å². The van der Waals surface area contributed by atoms with Crippen molar-refractivity contribution in [3.63, 3.8) is 0 Å². The van der Waals surface area contributed by atoms with Crippen LogP contribution in [0.15, 0.2) is 12.4 Å². The van der Waals surface area contributed by atoms with Crippen molar-refractivity contribution in [3.8, 4) is 5.75 Å². The number of nitrogens with zero attached hydrogens (tertiary/aromatic N) is 2. The fourth-order valence-electron chi connectivity index (χ4n) is 0.880. The maximum atomic E-state index is 5.73. The van der Waals surface area contributed by atoms with Crippen molar-refractivity contribution in [3.05, 3.63) is 12.4 Å². The van der Waals surface area contributed by atoms with Crippen LogP contribution in [0.1, 0.15) is 13.3 Å². The Morgan fingerprint density at radius 2 is 2.14 bits per heavy atom. The van der Waals surface area contributed by atoms with Gasteiger partial charge in [0.1, 0.15) is 0 Å². The van der Waals surface area contributed by atoms with E-state index in [1.807, 2.05) is 6.92 Å². The van der Waals surface area contributed by atoms with Crippen molar-refractivity contribution in [2.75, 3.05) is 19.0 Å². The minimum Gasteiger partial charge on any atom is -0.494 e. The molecule has 0 aliphatic heterocycles. The molecule has 0 aromatic carbocycles. The first kappa shape index (κ1) is 10.7. The molecule has 0 fully saturated rings. The smallest absolute Gasteiger partial charge is 0.222 e. The van der Waals surface area contributed by atoms with Gasteiger partial charge in [0.15, 0.2) is 5.75 Å². The molecule has 1 heterocycles. The van der Waals surface area contributed by atoms with Crippen molar-refractivity contribution in [1.29, 1.82) is 0 Å².